The van der Waals surface area contributed by atoms with Gasteiger partial charge in [0.1, 0.15) is 5.75 Å². The number of hydrogen-bond acceptors (Lipinski definition) is 2. The molecule has 9 heavy (non-hydrogen) atoms. The smallest absolute Gasteiger partial charge is 1.00 e. The molecule has 0 heterocycles. The van der Waals surface area contributed by atoms with Crippen molar-refractivity contribution >= 4 is 5.69 Å². The summed E-state index contributed by atoms with van der Waals surface area (Å²) in [6.07, 6.45) is 0. The molecule has 0 radical (unpaired) electrons. The van der Waals surface area contributed by atoms with Crippen LogP contribution >= 0.6 is 0 Å². The molecule has 0 aliphatic rings. The molecule has 1 aromatic rings. The molecule has 1 aromatic carbocycles. The summed E-state index contributed by atoms with van der Waals surface area (Å²) < 4.78 is 0. The molecule has 0 saturated heterocycles. The summed E-state index contributed by atoms with van der Waals surface area (Å²) in [5, 5.41) is 8.70. The molecule has 0 aliphatic carbocycles. The van der Waals surface area contributed by atoms with E-state index in [0.717, 1.165) is 0 Å². The third-order valence-electron chi connectivity index (χ3n) is 0.893. The first kappa shape index (κ1) is 8.42. The predicted octanol–water partition coefficient (Wildman–Crippen LogP) is -1.91. The third-order valence-corrected chi connectivity index (χ3v) is 0.893. The van der Waals surface area contributed by atoms with Crippen LogP contribution < -0.4 is 24.6 Å². The molecule has 0 bridgehead atoms. The number of anilines is 1. The van der Waals surface area contributed by atoms with E-state index < -0.39 is 0 Å². The summed E-state index contributed by atoms with van der Waals surface area (Å²) in [5.74, 6) is 0.249. The van der Waals surface area contributed by atoms with Gasteiger partial charge in [-0.15, -0.1) is 0 Å². The largest absolute Gasteiger partial charge is 1.00 e. The van der Waals surface area contributed by atoms with E-state index in [9.17, 15) is 0 Å². The van der Waals surface area contributed by atoms with Gasteiger partial charge in [-0.1, -0.05) is 0 Å². The van der Waals surface area contributed by atoms with Crippen LogP contribution in [0.2, 0.25) is 0 Å². The van der Waals surface area contributed by atoms with Crippen molar-refractivity contribution in [2.24, 2.45) is 0 Å². The number of phenols is 1. The Kier molecular flexibility index (Phi) is 3.22. The first-order valence-electron chi connectivity index (χ1n) is 2.33. The Morgan fingerprint density at radius 2 is 1.67 bits per heavy atom. The molecule has 0 atom stereocenters. The minimum atomic E-state index is 0. The molecule has 0 spiro atoms. The zero-order valence-corrected chi connectivity index (χ0v) is 5.33. The van der Waals surface area contributed by atoms with E-state index >= 15 is 0 Å². The van der Waals surface area contributed by atoms with Crippen LogP contribution in [0.4, 0.5) is 5.69 Å². The topological polar surface area (TPSA) is 46.2 Å². The molecular formula is C6H8LiNO. The minimum Gasteiger partial charge on any atom is -1.00 e. The number of nitrogens with two attached hydrogens (primary N) is 1. The van der Waals surface area contributed by atoms with Crippen molar-refractivity contribution in [1.29, 1.82) is 0 Å². The molecule has 0 saturated carbocycles. The quantitative estimate of drug-likeness (QED) is 0.236. The standard InChI is InChI=1S/C6H7NO.Li.H/c7-5-1-3-6(8)4-2-5;;/h1-4,8H,7H2;;/q;+1;-1. The molecular weight excluding hydrogens is 109 g/mol. The zero-order valence-electron chi connectivity index (χ0n) is 6.33. The predicted molar refractivity (Wildman–Crippen MR) is 33.6 cm³/mol. The summed E-state index contributed by atoms with van der Waals surface area (Å²) in [5.41, 5.74) is 5.98. The first-order chi connectivity index (χ1) is 3.79. The number of rotatable bonds is 0. The number of phenolic OH excluding ortho intramolecular Hbond substituents is 1. The monoisotopic (exact) mass is 117 g/mol. The van der Waals surface area contributed by atoms with Gasteiger partial charge >= 0.3 is 18.9 Å². The summed E-state index contributed by atoms with van der Waals surface area (Å²) in [6, 6.07) is 6.40. The van der Waals surface area contributed by atoms with Crippen molar-refractivity contribution in [3.8, 4) is 5.75 Å². The van der Waals surface area contributed by atoms with Crippen molar-refractivity contribution in [3.63, 3.8) is 0 Å². The molecule has 0 amide bonds. The van der Waals surface area contributed by atoms with Crippen LogP contribution in [0.5, 0.6) is 5.75 Å². The minimum absolute atomic E-state index is 0. The maximum absolute atomic E-state index is 8.70. The number of aromatic hydroxyl groups is 1. The second kappa shape index (κ2) is 3.44. The fourth-order valence-corrected chi connectivity index (χ4v) is 0.474. The Morgan fingerprint density at radius 3 is 2.00 bits per heavy atom. The van der Waals surface area contributed by atoms with Gasteiger partial charge in [-0.2, -0.15) is 0 Å². The molecule has 0 aliphatic heterocycles. The Bertz CT molecular complexity index is 157. The van der Waals surface area contributed by atoms with Crippen LogP contribution in [-0.2, 0) is 0 Å². The fraction of sp³-hybridized carbons (Fsp3) is 0. The van der Waals surface area contributed by atoms with Crippen LogP contribution in [0.1, 0.15) is 1.43 Å². The van der Waals surface area contributed by atoms with Gasteiger partial charge in [-0.05, 0) is 24.3 Å². The summed E-state index contributed by atoms with van der Waals surface area (Å²) in [6.45, 7) is 0. The van der Waals surface area contributed by atoms with Gasteiger partial charge in [0.15, 0.2) is 0 Å². The van der Waals surface area contributed by atoms with Crippen LogP contribution in [0.3, 0.4) is 0 Å². The number of benzene rings is 1. The Hall–Kier alpha value is -0.583. The molecule has 3 heteroatoms. The summed E-state index contributed by atoms with van der Waals surface area (Å²) in [7, 11) is 0. The molecule has 44 valence electrons. The van der Waals surface area contributed by atoms with Gasteiger partial charge < -0.3 is 12.3 Å². The second-order valence-corrected chi connectivity index (χ2v) is 1.59. The third kappa shape index (κ3) is 2.45. The average Bonchev–Trinajstić information content (AvgIpc) is 1.77. The summed E-state index contributed by atoms with van der Waals surface area (Å²) >= 11 is 0. The van der Waals surface area contributed by atoms with E-state index in [1.807, 2.05) is 0 Å². The van der Waals surface area contributed by atoms with Gasteiger partial charge in [0.25, 0.3) is 0 Å². The Labute approximate surface area is 67.3 Å². The van der Waals surface area contributed by atoms with Crippen molar-refractivity contribution < 1.29 is 25.4 Å². The molecule has 1 rings (SSSR count). The van der Waals surface area contributed by atoms with E-state index in [-0.39, 0.29) is 26.0 Å². The Morgan fingerprint density at radius 1 is 1.22 bits per heavy atom. The van der Waals surface area contributed by atoms with Crippen LogP contribution in [-0.4, -0.2) is 5.11 Å². The second-order valence-electron chi connectivity index (χ2n) is 1.59. The SMILES string of the molecule is Nc1ccc(O)cc1.[H-].[Li+]. The van der Waals surface area contributed by atoms with E-state index in [0.29, 0.717) is 5.69 Å². The van der Waals surface area contributed by atoms with E-state index in [1.54, 1.807) is 24.3 Å². The van der Waals surface area contributed by atoms with E-state index in [4.69, 9.17) is 10.8 Å². The van der Waals surface area contributed by atoms with Gasteiger partial charge in [0, 0.05) is 5.69 Å². The Balaban J connectivity index is 0. The maximum atomic E-state index is 8.70. The molecule has 2 nitrogen and oxygen atoms in total. The van der Waals surface area contributed by atoms with Crippen molar-refractivity contribution in [3.05, 3.63) is 24.3 Å². The van der Waals surface area contributed by atoms with Gasteiger partial charge in [-0.25, -0.2) is 0 Å². The van der Waals surface area contributed by atoms with Gasteiger partial charge in [-0.3, -0.25) is 0 Å². The average molecular weight is 117 g/mol. The fourth-order valence-electron chi connectivity index (χ4n) is 0.474. The number of nitrogen functional groups attached to an aromatic ring is 1. The molecule has 0 fully saturated rings. The van der Waals surface area contributed by atoms with Crippen LogP contribution in [0.15, 0.2) is 24.3 Å². The first-order valence-corrected chi connectivity index (χ1v) is 2.33. The summed E-state index contributed by atoms with van der Waals surface area (Å²) in [4.78, 5) is 0. The van der Waals surface area contributed by atoms with Crippen molar-refractivity contribution in [2.75, 3.05) is 5.73 Å². The normalized spacial score (nSPS) is 8.00. The van der Waals surface area contributed by atoms with Crippen molar-refractivity contribution in [2.45, 2.75) is 0 Å². The molecule has 3 N–H and O–H groups in total. The molecule has 0 aromatic heterocycles. The molecule has 0 unspecified atom stereocenters. The maximum Gasteiger partial charge on any atom is 1.00 e. The van der Waals surface area contributed by atoms with Crippen molar-refractivity contribution in [1.82, 2.24) is 0 Å². The van der Waals surface area contributed by atoms with Gasteiger partial charge in [0.05, 0.1) is 0 Å². The van der Waals surface area contributed by atoms with Crippen LogP contribution in [0.25, 0.3) is 0 Å². The van der Waals surface area contributed by atoms with Gasteiger partial charge in [0.2, 0.25) is 0 Å². The number of hydrogen-bond donors (Lipinski definition) is 2. The van der Waals surface area contributed by atoms with Crippen LogP contribution in [0, 0.1) is 0 Å². The zero-order chi connectivity index (χ0) is 5.98. The van der Waals surface area contributed by atoms with E-state index in [1.165, 1.54) is 0 Å². The van der Waals surface area contributed by atoms with E-state index in [2.05, 4.69) is 0 Å².